The molecule has 0 radical (unpaired) electrons. The van der Waals surface area contributed by atoms with E-state index in [9.17, 15) is 4.79 Å². The minimum atomic E-state index is -0.746. The molecule has 1 saturated heterocycles. The van der Waals surface area contributed by atoms with Crippen molar-refractivity contribution in [2.75, 3.05) is 0 Å². The maximum atomic E-state index is 11.5. The summed E-state index contributed by atoms with van der Waals surface area (Å²) in [6.07, 6.45) is 1.27. The molecule has 4 rings (SSSR count). The lowest BCUT2D eigenvalue weighted by Gasteiger charge is -2.50. The van der Waals surface area contributed by atoms with Crippen molar-refractivity contribution in [3.63, 3.8) is 0 Å². The molecule has 0 bridgehead atoms. The van der Waals surface area contributed by atoms with Crippen LogP contribution in [0, 0.1) is 0 Å². The van der Waals surface area contributed by atoms with Gasteiger partial charge >= 0.3 is 5.97 Å². The molecule has 2 aliphatic rings. The molecule has 0 amide bonds. The van der Waals surface area contributed by atoms with Crippen LogP contribution in [0.1, 0.15) is 50.7 Å². The zero-order valence-corrected chi connectivity index (χ0v) is 19.2. The van der Waals surface area contributed by atoms with Crippen LogP contribution in [0.3, 0.4) is 0 Å². The van der Waals surface area contributed by atoms with Crippen LogP contribution in [-0.4, -0.2) is 22.3 Å². The molecule has 2 aromatic carbocycles. The molecule has 5 nitrogen and oxygen atoms in total. The molecule has 8 heteroatoms. The Labute approximate surface area is 191 Å². The molecule has 2 aromatic rings. The first-order valence-electron chi connectivity index (χ1n) is 9.63. The van der Waals surface area contributed by atoms with Gasteiger partial charge in [-0.05, 0) is 43.8 Å². The minimum absolute atomic E-state index is 0.0875. The molecule has 30 heavy (non-hydrogen) atoms. The molecule has 2 aliphatic heterocycles. The van der Waals surface area contributed by atoms with Gasteiger partial charge in [0.15, 0.2) is 16.6 Å². The van der Waals surface area contributed by atoms with Gasteiger partial charge in [-0.3, -0.25) is 4.79 Å². The number of esters is 1. The lowest BCUT2D eigenvalue weighted by molar-refractivity contribution is -0.131. The maximum Gasteiger partial charge on any atom is 0.308 e. The van der Waals surface area contributed by atoms with E-state index in [1.807, 2.05) is 24.3 Å². The van der Waals surface area contributed by atoms with Gasteiger partial charge in [0.05, 0.1) is 5.02 Å². The number of thiocarbonyl (C=S) groups is 1. The summed E-state index contributed by atoms with van der Waals surface area (Å²) in [4.78, 5) is 11.5. The Morgan fingerprint density at radius 1 is 1.17 bits per heavy atom. The third-order valence-electron chi connectivity index (χ3n) is 5.33. The number of halogens is 2. The van der Waals surface area contributed by atoms with Gasteiger partial charge < -0.3 is 20.1 Å². The number of nitrogens with one attached hydrogen (secondary N) is 2. The largest absolute Gasteiger partial charge is 0.468 e. The number of hydrogen-bond donors (Lipinski definition) is 2. The Morgan fingerprint density at radius 2 is 1.90 bits per heavy atom. The van der Waals surface area contributed by atoms with Crippen molar-refractivity contribution >= 4 is 46.5 Å². The van der Waals surface area contributed by atoms with E-state index in [1.54, 1.807) is 12.1 Å². The molecular weight excluding hydrogens is 443 g/mol. The van der Waals surface area contributed by atoms with E-state index in [-0.39, 0.29) is 17.2 Å². The highest BCUT2D eigenvalue weighted by atomic mass is 35.5. The average Bonchev–Trinajstić information content (AvgIpc) is 2.60. The van der Waals surface area contributed by atoms with E-state index < -0.39 is 11.7 Å². The molecule has 158 valence electrons. The van der Waals surface area contributed by atoms with Crippen LogP contribution >= 0.6 is 35.4 Å². The summed E-state index contributed by atoms with van der Waals surface area (Å²) in [7, 11) is 0. The zero-order chi connectivity index (χ0) is 21.7. The highest BCUT2D eigenvalue weighted by Gasteiger charge is 2.49. The smallest absolute Gasteiger partial charge is 0.308 e. The van der Waals surface area contributed by atoms with Gasteiger partial charge in [0.25, 0.3) is 0 Å². The summed E-state index contributed by atoms with van der Waals surface area (Å²) < 4.78 is 11.8. The van der Waals surface area contributed by atoms with E-state index in [1.165, 1.54) is 6.92 Å². The second kappa shape index (κ2) is 7.59. The molecule has 1 spiro atoms. The number of fused-ring (bicyclic) bond motifs is 1. The Hall–Kier alpha value is -2.02. The van der Waals surface area contributed by atoms with Gasteiger partial charge in [0.2, 0.25) is 0 Å². The predicted octanol–water partition coefficient (Wildman–Crippen LogP) is 5.18. The fourth-order valence-electron chi connectivity index (χ4n) is 4.40. The fourth-order valence-corrected chi connectivity index (χ4v) is 5.34. The molecule has 1 fully saturated rings. The van der Waals surface area contributed by atoms with Crippen molar-refractivity contribution in [3.8, 4) is 11.5 Å². The summed E-state index contributed by atoms with van der Waals surface area (Å²) >= 11 is 18.5. The van der Waals surface area contributed by atoms with Crippen molar-refractivity contribution in [1.29, 1.82) is 0 Å². The first-order chi connectivity index (χ1) is 14.1. The molecule has 0 aromatic heterocycles. The van der Waals surface area contributed by atoms with Crippen molar-refractivity contribution in [2.24, 2.45) is 0 Å². The highest BCUT2D eigenvalue weighted by Crippen LogP contribution is 2.50. The second-order valence-electron chi connectivity index (χ2n) is 8.43. The topological polar surface area (TPSA) is 59.6 Å². The number of hydrogen-bond acceptors (Lipinski definition) is 4. The van der Waals surface area contributed by atoms with Crippen LogP contribution in [0.2, 0.25) is 10.0 Å². The lowest BCUT2D eigenvalue weighted by Crippen LogP contribution is -2.69. The molecule has 0 unspecified atom stereocenters. The van der Waals surface area contributed by atoms with Gasteiger partial charge in [-0.15, -0.1) is 0 Å². The number of ether oxygens (including phenoxy) is 2. The Kier molecular flexibility index (Phi) is 5.37. The van der Waals surface area contributed by atoms with E-state index in [0.717, 1.165) is 11.1 Å². The van der Waals surface area contributed by atoms with Crippen molar-refractivity contribution in [2.45, 2.75) is 50.8 Å². The monoisotopic (exact) mass is 464 g/mol. The van der Waals surface area contributed by atoms with Gasteiger partial charge in [0.1, 0.15) is 5.75 Å². The van der Waals surface area contributed by atoms with Crippen molar-refractivity contribution < 1.29 is 14.3 Å². The Morgan fingerprint density at radius 3 is 2.57 bits per heavy atom. The normalized spacial score (nSPS) is 24.3. The quantitative estimate of drug-likeness (QED) is 0.362. The Bertz CT molecular complexity index is 1040. The third kappa shape index (κ3) is 4.09. The number of benzene rings is 2. The summed E-state index contributed by atoms with van der Waals surface area (Å²) in [5.74, 6) is 0.302. The average molecular weight is 465 g/mol. The van der Waals surface area contributed by atoms with Crippen LogP contribution in [0.25, 0.3) is 0 Å². The van der Waals surface area contributed by atoms with E-state index in [0.29, 0.717) is 33.7 Å². The van der Waals surface area contributed by atoms with Crippen molar-refractivity contribution in [3.05, 3.63) is 57.6 Å². The van der Waals surface area contributed by atoms with Gasteiger partial charge in [0, 0.05) is 47.9 Å². The molecule has 2 atom stereocenters. The number of carbonyl (C=O) groups excluding carboxylic acids is 1. The Balaban J connectivity index is 1.87. The van der Waals surface area contributed by atoms with Gasteiger partial charge in [-0.25, -0.2) is 0 Å². The van der Waals surface area contributed by atoms with Crippen LogP contribution < -0.4 is 20.1 Å². The molecule has 0 aliphatic carbocycles. The molecule has 0 saturated carbocycles. The zero-order valence-electron chi connectivity index (χ0n) is 16.8. The summed E-state index contributed by atoms with van der Waals surface area (Å²) in [6.45, 7) is 5.49. The first-order valence-corrected chi connectivity index (χ1v) is 10.8. The summed E-state index contributed by atoms with van der Waals surface area (Å²) in [5, 5.41) is 8.16. The van der Waals surface area contributed by atoms with E-state index in [2.05, 4.69) is 24.5 Å². The summed E-state index contributed by atoms with van der Waals surface area (Å²) in [5.41, 5.74) is 0.849. The van der Waals surface area contributed by atoms with Gasteiger partial charge in [-0.1, -0.05) is 41.4 Å². The highest BCUT2D eigenvalue weighted by molar-refractivity contribution is 7.80. The SMILES string of the molecule is CC(=O)Oc1cc2c(cc1Cl)[C@H](c1ccccc1Cl)C[C@@]1(CC(C)(C)NC(=S)N1)O2. The standard InChI is InChI=1S/C22H22Cl2N2O3S/c1-12(27)28-19-9-18-14(8-17(19)24)15(13-6-4-5-7-16(13)23)10-22(29-18)11-21(2,3)25-20(30)26-22/h4-9,15H,10-11H2,1-3H3,(H2,25,26,30)/t15-,22-/m0/s1. The fraction of sp³-hybridized carbons (Fsp3) is 0.364. The van der Waals surface area contributed by atoms with Crippen LogP contribution in [0.15, 0.2) is 36.4 Å². The van der Waals surface area contributed by atoms with Crippen molar-refractivity contribution in [1.82, 2.24) is 10.6 Å². The van der Waals surface area contributed by atoms with E-state index in [4.69, 9.17) is 44.9 Å². The number of rotatable bonds is 2. The van der Waals surface area contributed by atoms with E-state index >= 15 is 0 Å². The third-order valence-corrected chi connectivity index (χ3v) is 6.18. The molecule has 2 N–H and O–H groups in total. The van der Waals surface area contributed by atoms with Crippen LogP contribution in [0.4, 0.5) is 0 Å². The molecule has 2 heterocycles. The summed E-state index contributed by atoms with van der Waals surface area (Å²) in [6, 6.07) is 11.2. The van der Waals surface area contributed by atoms with Crippen LogP contribution in [-0.2, 0) is 4.79 Å². The maximum absolute atomic E-state index is 11.5. The predicted molar refractivity (Wildman–Crippen MR) is 122 cm³/mol. The molecular formula is C22H22Cl2N2O3S. The lowest BCUT2D eigenvalue weighted by atomic mass is 9.77. The minimum Gasteiger partial charge on any atom is -0.468 e. The first kappa shape index (κ1) is 21.2. The second-order valence-corrected chi connectivity index (χ2v) is 9.65. The van der Waals surface area contributed by atoms with Gasteiger partial charge in [-0.2, -0.15) is 0 Å². The van der Waals surface area contributed by atoms with Crippen LogP contribution in [0.5, 0.6) is 11.5 Å². The number of carbonyl (C=O) groups is 1.